The second-order valence-electron chi connectivity index (χ2n) is 3.85. The van der Waals surface area contributed by atoms with Gasteiger partial charge in [0.25, 0.3) is 0 Å². The van der Waals surface area contributed by atoms with Gasteiger partial charge in [-0.15, -0.1) is 0 Å². The molecule has 16 heavy (non-hydrogen) atoms. The van der Waals surface area contributed by atoms with Gasteiger partial charge in [-0.1, -0.05) is 21.5 Å². The van der Waals surface area contributed by atoms with E-state index in [1.54, 1.807) is 12.1 Å². The number of piperazine rings is 1. The van der Waals surface area contributed by atoms with Crippen molar-refractivity contribution in [1.29, 1.82) is 0 Å². The molecule has 0 saturated carbocycles. The Balaban J connectivity index is 2.23. The molecule has 1 atom stereocenters. The molecule has 5 heteroatoms. The lowest BCUT2D eigenvalue weighted by Crippen LogP contribution is -2.42. The smallest absolute Gasteiger partial charge is 0.337 e. The van der Waals surface area contributed by atoms with E-state index >= 15 is 0 Å². The van der Waals surface area contributed by atoms with Crippen molar-refractivity contribution in [3.8, 4) is 0 Å². The van der Waals surface area contributed by atoms with Crippen LogP contribution >= 0.6 is 9.39 Å². The zero-order valence-electron chi connectivity index (χ0n) is 8.97. The van der Waals surface area contributed by atoms with E-state index in [9.17, 15) is 4.79 Å². The Hall–Kier alpha value is -1.12. The Bertz CT molecular complexity index is 389. The Morgan fingerprint density at radius 3 is 2.44 bits per heavy atom. The minimum absolute atomic E-state index is 0.389. The van der Waals surface area contributed by atoms with Gasteiger partial charge in [0.05, 0.1) is 11.3 Å². The summed E-state index contributed by atoms with van der Waals surface area (Å²) >= 11 is 0. The summed E-state index contributed by atoms with van der Waals surface area (Å²) in [7, 11) is 2.68. The molecule has 1 unspecified atom stereocenters. The van der Waals surface area contributed by atoms with E-state index in [4.69, 9.17) is 5.11 Å². The molecule has 0 amide bonds. The first-order chi connectivity index (χ1) is 7.68. The van der Waals surface area contributed by atoms with Gasteiger partial charge in [0, 0.05) is 26.2 Å². The van der Waals surface area contributed by atoms with Gasteiger partial charge >= 0.3 is 5.97 Å². The summed E-state index contributed by atoms with van der Waals surface area (Å²) in [6, 6.07) is 7.18. The third-order valence-corrected chi connectivity index (χ3v) is 3.31. The fourth-order valence-electron chi connectivity index (χ4n) is 1.89. The molecule has 0 bridgehead atoms. The van der Waals surface area contributed by atoms with E-state index < -0.39 is 5.97 Å². The minimum atomic E-state index is -0.857. The van der Waals surface area contributed by atoms with E-state index in [1.807, 2.05) is 12.1 Å². The van der Waals surface area contributed by atoms with Crippen LogP contribution in [0.15, 0.2) is 24.3 Å². The summed E-state index contributed by atoms with van der Waals surface area (Å²) in [5, 5.41) is 9.11. The van der Waals surface area contributed by atoms with Crippen LogP contribution in [0.3, 0.4) is 0 Å². The summed E-state index contributed by atoms with van der Waals surface area (Å²) in [5.41, 5.74) is 1.22. The molecule has 86 valence electrons. The van der Waals surface area contributed by atoms with Crippen molar-refractivity contribution in [1.82, 2.24) is 4.67 Å². The SMILES string of the molecule is O=C(O)c1ccccc1N1CCN(P)CC1. The van der Waals surface area contributed by atoms with E-state index in [0.29, 0.717) is 5.56 Å². The highest BCUT2D eigenvalue weighted by molar-refractivity contribution is 7.13. The predicted octanol–water partition coefficient (Wildman–Crippen LogP) is 1.30. The predicted molar refractivity (Wildman–Crippen MR) is 66.9 cm³/mol. The van der Waals surface area contributed by atoms with Crippen LogP contribution in [0.25, 0.3) is 0 Å². The van der Waals surface area contributed by atoms with E-state index in [2.05, 4.69) is 19.0 Å². The Morgan fingerprint density at radius 1 is 1.19 bits per heavy atom. The van der Waals surface area contributed by atoms with Gasteiger partial charge < -0.3 is 10.0 Å². The normalized spacial score (nSPS) is 17.4. The Labute approximate surface area is 97.1 Å². The zero-order valence-corrected chi connectivity index (χ0v) is 10.1. The van der Waals surface area contributed by atoms with E-state index in [-0.39, 0.29) is 0 Å². The highest BCUT2D eigenvalue weighted by Crippen LogP contribution is 2.22. The number of hydrogen-bond acceptors (Lipinski definition) is 3. The van der Waals surface area contributed by atoms with Crippen molar-refractivity contribution in [2.75, 3.05) is 31.1 Å². The average Bonchev–Trinajstić information content (AvgIpc) is 2.30. The molecule has 0 spiro atoms. The minimum Gasteiger partial charge on any atom is -0.478 e. The molecule has 1 aliphatic rings. The number of carboxylic acids is 1. The first-order valence-corrected chi connectivity index (χ1v) is 5.77. The molecular formula is C11H15N2O2P. The Kier molecular flexibility index (Phi) is 3.42. The summed E-state index contributed by atoms with van der Waals surface area (Å²) < 4.78 is 2.17. The van der Waals surface area contributed by atoms with Gasteiger partial charge in [0.2, 0.25) is 0 Å². The molecule has 0 aliphatic carbocycles. The van der Waals surface area contributed by atoms with E-state index in [1.165, 1.54) is 0 Å². The van der Waals surface area contributed by atoms with E-state index in [0.717, 1.165) is 31.9 Å². The van der Waals surface area contributed by atoms with Gasteiger partial charge in [0.15, 0.2) is 0 Å². The van der Waals surface area contributed by atoms with Crippen molar-refractivity contribution in [2.24, 2.45) is 0 Å². The van der Waals surface area contributed by atoms with Crippen molar-refractivity contribution in [2.45, 2.75) is 0 Å². The maximum Gasteiger partial charge on any atom is 0.337 e. The quantitative estimate of drug-likeness (QED) is 0.789. The van der Waals surface area contributed by atoms with Gasteiger partial charge in [-0.25, -0.2) is 4.79 Å². The first kappa shape index (κ1) is 11.4. The monoisotopic (exact) mass is 238 g/mol. The van der Waals surface area contributed by atoms with Gasteiger partial charge in [0.1, 0.15) is 0 Å². The lowest BCUT2D eigenvalue weighted by molar-refractivity contribution is 0.0697. The number of hydrogen-bond donors (Lipinski definition) is 1. The number of anilines is 1. The van der Waals surface area contributed by atoms with Gasteiger partial charge in [-0.05, 0) is 12.1 Å². The van der Waals surface area contributed by atoms with Crippen LogP contribution in [-0.2, 0) is 0 Å². The molecule has 4 nitrogen and oxygen atoms in total. The third kappa shape index (κ3) is 2.34. The lowest BCUT2D eigenvalue weighted by Gasteiger charge is -2.34. The topological polar surface area (TPSA) is 43.8 Å². The summed E-state index contributed by atoms with van der Waals surface area (Å²) in [5.74, 6) is -0.857. The Morgan fingerprint density at radius 2 is 1.81 bits per heavy atom. The highest BCUT2D eigenvalue weighted by Gasteiger charge is 2.19. The second-order valence-corrected chi connectivity index (χ2v) is 4.58. The van der Waals surface area contributed by atoms with Crippen LogP contribution in [0.1, 0.15) is 10.4 Å². The number of carbonyl (C=O) groups is 1. The van der Waals surface area contributed by atoms with Crippen LogP contribution in [0.4, 0.5) is 5.69 Å². The fraction of sp³-hybridized carbons (Fsp3) is 0.364. The maximum atomic E-state index is 11.1. The van der Waals surface area contributed by atoms with Crippen LogP contribution < -0.4 is 4.90 Å². The molecule has 0 radical (unpaired) electrons. The highest BCUT2D eigenvalue weighted by atomic mass is 31.0. The molecule has 1 fully saturated rings. The number of carboxylic acid groups (broad SMARTS) is 1. The number of benzene rings is 1. The van der Waals surface area contributed by atoms with Gasteiger partial charge in [-0.2, -0.15) is 0 Å². The molecule has 2 rings (SSSR count). The number of para-hydroxylation sites is 1. The van der Waals surface area contributed by atoms with Crippen molar-refractivity contribution in [3.05, 3.63) is 29.8 Å². The largest absolute Gasteiger partial charge is 0.478 e. The molecule has 1 heterocycles. The third-order valence-electron chi connectivity index (χ3n) is 2.79. The van der Waals surface area contributed by atoms with Crippen LogP contribution in [-0.4, -0.2) is 41.9 Å². The molecule has 1 aromatic rings. The van der Waals surface area contributed by atoms with Crippen LogP contribution in [0.5, 0.6) is 0 Å². The lowest BCUT2D eigenvalue weighted by atomic mass is 10.1. The van der Waals surface area contributed by atoms with Crippen molar-refractivity contribution < 1.29 is 9.90 Å². The molecule has 0 aromatic heterocycles. The fourth-order valence-corrected chi connectivity index (χ4v) is 2.12. The molecule has 1 saturated heterocycles. The van der Waals surface area contributed by atoms with Gasteiger partial charge in [-0.3, -0.25) is 4.67 Å². The summed E-state index contributed by atoms with van der Waals surface area (Å²) in [4.78, 5) is 13.2. The van der Waals surface area contributed by atoms with Crippen molar-refractivity contribution >= 4 is 21.0 Å². The number of nitrogens with zero attached hydrogens (tertiary/aromatic N) is 2. The van der Waals surface area contributed by atoms with Crippen LogP contribution in [0, 0.1) is 0 Å². The molecule has 1 aromatic carbocycles. The first-order valence-electron chi connectivity index (χ1n) is 5.25. The zero-order chi connectivity index (χ0) is 11.5. The number of aromatic carboxylic acids is 1. The maximum absolute atomic E-state index is 11.1. The molecule has 1 N–H and O–H groups in total. The summed E-state index contributed by atoms with van der Waals surface area (Å²) in [6.45, 7) is 3.62. The van der Waals surface area contributed by atoms with Crippen LogP contribution in [0.2, 0.25) is 0 Å². The standard InChI is InChI=1S/C11H15N2O2P/c14-11(15)9-3-1-2-4-10(9)12-5-7-13(16)8-6-12/h1-4H,5-8,16H2,(H,14,15). The van der Waals surface area contributed by atoms with Crippen molar-refractivity contribution in [3.63, 3.8) is 0 Å². The molecular weight excluding hydrogens is 223 g/mol. The average molecular weight is 238 g/mol. The number of rotatable bonds is 2. The summed E-state index contributed by atoms with van der Waals surface area (Å²) in [6.07, 6.45) is 0. The molecule has 1 aliphatic heterocycles. The second kappa shape index (κ2) is 4.81.